The monoisotopic (exact) mass is 283 g/mol. The molecule has 1 N–H and O–H groups in total. The number of hydrogen-bond acceptors (Lipinski definition) is 6. The second-order valence-corrected chi connectivity index (χ2v) is 5.58. The number of rotatable bonds is 3. The van der Waals surface area contributed by atoms with Gasteiger partial charge in [-0.15, -0.1) is 11.3 Å². The third-order valence-electron chi connectivity index (χ3n) is 3.13. The quantitative estimate of drug-likeness (QED) is 0.863. The molecule has 0 fully saturated rings. The van der Waals surface area contributed by atoms with Crippen LogP contribution in [0.5, 0.6) is 0 Å². The first-order chi connectivity index (χ1) is 8.97. The molecule has 0 amide bonds. The number of carbonyl (C=O) groups is 1. The van der Waals surface area contributed by atoms with Crippen molar-refractivity contribution in [2.75, 3.05) is 6.61 Å². The number of carbonyl (C=O) groups excluding carboxylic acids is 1. The average Bonchev–Trinajstić information content (AvgIpc) is 2.85. The molecule has 104 valence electrons. The third-order valence-corrected chi connectivity index (χ3v) is 4.08. The van der Waals surface area contributed by atoms with Crippen LogP contribution in [0.1, 0.15) is 31.6 Å². The number of nitrogens with zero attached hydrogens (tertiary/aromatic N) is 1. The summed E-state index contributed by atoms with van der Waals surface area (Å²) in [5.74, 6) is -3.27. The molecule has 19 heavy (non-hydrogen) atoms. The normalized spacial score (nSPS) is 30.4. The first-order valence-electron chi connectivity index (χ1n) is 6.12. The minimum Gasteiger partial charge on any atom is -0.466 e. The molecule has 1 aliphatic heterocycles. The van der Waals surface area contributed by atoms with E-state index in [1.165, 1.54) is 18.3 Å². The molecule has 0 saturated heterocycles. The number of esters is 1. The van der Waals surface area contributed by atoms with Crippen LogP contribution in [0.3, 0.4) is 0 Å². The van der Waals surface area contributed by atoms with E-state index in [0.29, 0.717) is 5.71 Å². The summed E-state index contributed by atoms with van der Waals surface area (Å²) in [6.07, 6.45) is 0. The van der Waals surface area contributed by atoms with Gasteiger partial charge in [-0.3, -0.25) is 4.79 Å². The Bertz CT molecular complexity index is 481. The zero-order chi connectivity index (χ0) is 14.0. The van der Waals surface area contributed by atoms with Gasteiger partial charge in [0.25, 0.3) is 0 Å². The van der Waals surface area contributed by atoms with E-state index in [0.717, 1.165) is 4.88 Å². The van der Waals surface area contributed by atoms with Crippen LogP contribution in [0.25, 0.3) is 0 Å². The summed E-state index contributed by atoms with van der Waals surface area (Å²) in [6.45, 7) is 5.22. The van der Waals surface area contributed by atoms with Crippen LogP contribution >= 0.6 is 11.3 Å². The summed E-state index contributed by atoms with van der Waals surface area (Å²) in [6, 6.07) is 3.82. The Balaban J connectivity index is 2.42. The molecule has 1 aromatic heterocycles. The van der Waals surface area contributed by atoms with E-state index < -0.39 is 17.7 Å². The van der Waals surface area contributed by atoms with Gasteiger partial charge in [0.15, 0.2) is 0 Å². The van der Waals surface area contributed by atoms with Gasteiger partial charge in [-0.2, -0.15) is 0 Å². The highest BCUT2D eigenvalue weighted by molar-refractivity contribution is 7.10. The minimum atomic E-state index is -1.67. The maximum Gasteiger partial charge on any atom is 0.316 e. The van der Waals surface area contributed by atoms with E-state index >= 15 is 0 Å². The Morgan fingerprint density at radius 3 is 3.00 bits per heavy atom. The number of thiophene rings is 1. The number of aliphatic hydroxyl groups is 1. The fourth-order valence-corrected chi connectivity index (χ4v) is 3.18. The molecule has 0 aromatic carbocycles. The van der Waals surface area contributed by atoms with E-state index in [-0.39, 0.29) is 12.5 Å². The van der Waals surface area contributed by atoms with Gasteiger partial charge >= 0.3 is 5.97 Å². The Labute approximate surface area is 115 Å². The number of hydrogen-bond donors (Lipinski definition) is 1. The SMILES string of the molecule is CCOC(=O)C1C(c2cccs2)C(C)=NOC1(C)O. The zero-order valence-corrected chi connectivity index (χ0v) is 11.9. The summed E-state index contributed by atoms with van der Waals surface area (Å²) in [5.41, 5.74) is 0.659. The van der Waals surface area contributed by atoms with Gasteiger partial charge in [0, 0.05) is 11.8 Å². The highest BCUT2D eigenvalue weighted by atomic mass is 32.1. The second kappa shape index (κ2) is 5.30. The zero-order valence-electron chi connectivity index (χ0n) is 11.1. The van der Waals surface area contributed by atoms with Crippen LogP contribution < -0.4 is 0 Å². The third kappa shape index (κ3) is 2.64. The fourth-order valence-electron chi connectivity index (χ4n) is 2.25. The van der Waals surface area contributed by atoms with Gasteiger partial charge in [0.05, 0.1) is 18.2 Å². The molecule has 6 heteroatoms. The Kier molecular flexibility index (Phi) is 3.91. The van der Waals surface area contributed by atoms with Gasteiger partial charge in [-0.1, -0.05) is 11.2 Å². The van der Waals surface area contributed by atoms with Gasteiger partial charge in [-0.05, 0) is 25.3 Å². The summed E-state index contributed by atoms with van der Waals surface area (Å²) in [5, 5.41) is 16.1. The van der Waals surface area contributed by atoms with E-state index in [1.807, 2.05) is 17.5 Å². The fraction of sp³-hybridized carbons (Fsp3) is 0.538. The standard InChI is InChI=1S/C13H17NO4S/c1-4-17-12(15)11-10(9-6-5-7-19-9)8(2)14-18-13(11,3)16/h5-7,10-11,16H,4H2,1-3H3. The van der Waals surface area contributed by atoms with E-state index in [2.05, 4.69) is 5.16 Å². The molecule has 2 rings (SSSR count). The molecular formula is C13H17NO4S. The Morgan fingerprint density at radius 1 is 1.68 bits per heavy atom. The molecular weight excluding hydrogens is 266 g/mol. The Morgan fingerprint density at radius 2 is 2.42 bits per heavy atom. The molecule has 2 heterocycles. The molecule has 3 unspecified atom stereocenters. The van der Waals surface area contributed by atoms with E-state index in [1.54, 1.807) is 13.8 Å². The summed E-state index contributed by atoms with van der Waals surface area (Å²) in [7, 11) is 0. The van der Waals surface area contributed by atoms with Crippen LogP contribution in [0.2, 0.25) is 0 Å². The lowest BCUT2D eigenvalue weighted by Gasteiger charge is -2.37. The van der Waals surface area contributed by atoms with Crippen molar-refractivity contribution in [2.45, 2.75) is 32.5 Å². The first kappa shape index (κ1) is 14.0. The van der Waals surface area contributed by atoms with Crippen LogP contribution in [0.4, 0.5) is 0 Å². The van der Waals surface area contributed by atoms with Gasteiger partial charge in [0.2, 0.25) is 5.79 Å². The van der Waals surface area contributed by atoms with Crippen molar-refractivity contribution in [3.05, 3.63) is 22.4 Å². The second-order valence-electron chi connectivity index (χ2n) is 4.60. The maximum atomic E-state index is 12.2. The maximum absolute atomic E-state index is 12.2. The molecule has 0 bridgehead atoms. The van der Waals surface area contributed by atoms with Gasteiger partial charge in [-0.25, -0.2) is 0 Å². The van der Waals surface area contributed by atoms with E-state index in [4.69, 9.17) is 9.57 Å². The predicted octanol–water partition coefficient (Wildman–Crippen LogP) is 2.13. The lowest BCUT2D eigenvalue weighted by atomic mass is 9.81. The van der Waals surface area contributed by atoms with E-state index in [9.17, 15) is 9.90 Å². The molecule has 1 aliphatic rings. The molecule has 3 atom stereocenters. The average molecular weight is 283 g/mol. The van der Waals surface area contributed by atoms with Crippen molar-refractivity contribution in [2.24, 2.45) is 11.1 Å². The van der Waals surface area contributed by atoms with Crippen LogP contribution in [0, 0.1) is 5.92 Å². The van der Waals surface area contributed by atoms with Crippen molar-refractivity contribution in [3.8, 4) is 0 Å². The van der Waals surface area contributed by atoms with Crippen molar-refractivity contribution < 1.29 is 19.5 Å². The van der Waals surface area contributed by atoms with Crippen molar-refractivity contribution in [3.63, 3.8) is 0 Å². The molecule has 0 aliphatic carbocycles. The lowest BCUT2D eigenvalue weighted by Crippen LogP contribution is -2.49. The highest BCUT2D eigenvalue weighted by Crippen LogP contribution is 2.40. The van der Waals surface area contributed by atoms with Crippen LogP contribution in [-0.4, -0.2) is 29.2 Å². The summed E-state index contributed by atoms with van der Waals surface area (Å²) in [4.78, 5) is 18.1. The largest absolute Gasteiger partial charge is 0.466 e. The topological polar surface area (TPSA) is 68.1 Å². The summed E-state index contributed by atoms with van der Waals surface area (Å²) < 4.78 is 5.06. The predicted molar refractivity (Wildman–Crippen MR) is 72.0 cm³/mol. The van der Waals surface area contributed by atoms with Crippen molar-refractivity contribution in [1.82, 2.24) is 0 Å². The minimum absolute atomic E-state index is 0.263. The lowest BCUT2D eigenvalue weighted by molar-refractivity contribution is -0.238. The number of oxime groups is 1. The first-order valence-corrected chi connectivity index (χ1v) is 7.00. The van der Waals surface area contributed by atoms with Crippen LogP contribution in [0.15, 0.2) is 22.7 Å². The molecule has 0 spiro atoms. The Hall–Kier alpha value is -1.40. The van der Waals surface area contributed by atoms with Crippen molar-refractivity contribution in [1.29, 1.82) is 0 Å². The molecule has 0 saturated carbocycles. The van der Waals surface area contributed by atoms with Gasteiger partial charge in [0.1, 0.15) is 5.92 Å². The van der Waals surface area contributed by atoms with Crippen molar-refractivity contribution >= 4 is 23.0 Å². The molecule has 5 nitrogen and oxygen atoms in total. The number of ether oxygens (including phenoxy) is 1. The van der Waals surface area contributed by atoms with Crippen LogP contribution in [-0.2, 0) is 14.4 Å². The highest BCUT2D eigenvalue weighted by Gasteiger charge is 2.51. The smallest absolute Gasteiger partial charge is 0.316 e. The molecule has 1 aromatic rings. The summed E-state index contributed by atoms with van der Waals surface area (Å²) >= 11 is 1.52. The molecule has 0 radical (unpaired) electrons. The van der Waals surface area contributed by atoms with Gasteiger partial charge < -0.3 is 14.7 Å².